The Bertz CT molecular complexity index is 1840. The van der Waals surface area contributed by atoms with E-state index in [1.165, 1.54) is 5.56 Å². The van der Waals surface area contributed by atoms with Gasteiger partial charge in [0.25, 0.3) is 0 Å². The number of carbonyl (C=O) groups is 2. The van der Waals surface area contributed by atoms with Gasteiger partial charge >= 0.3 is 12.2 Å². The average Bonchev–Trinajstić information content (AvgIpc) is 3.63. The fourth-order valence-electron chi connectivity index (χ4n) is 6.15. The minimum absolute atomic E-state index is 0.293. The maximum Gasteiger partial charge on any atom is 0.408 e. The molecule has 0 saturated carbocycles. The van der Waals surface area contributed by atoms with E-state index < -0.39 is 23.4 Å². The van der Waals surface area contributed by atoms with Crippen LogP contribution < -0.4 is 10.6 Å². The van der Waals surface area contributed by atoms with Gasteiger partial charge in [-0.05, 0) is 81.9 Å². The van der Waals surface area contributed by atoms with E-state index in [1.807, 2.05) is 47.7 Å². The number of aromatic amines is 2. The van der Waals surface area contributed by atoms with E-state index in [4.69, 9.17) is 19.4 Å². The molecule has 4 N–H and O–H groups in total. The molecule has 0 aliphatic heterocycles. The molecule has 10 heteroatoms. The lowest BCUT2D eigenvalue weighted by Gasteiger charge is -2.31. The first-order valence-corrected chi connectivity index (χ1v) is 17.4. The van der Waals surface area contributed by atoms with Crippen molar-refractivity contribution in [3.05, 3.63) is 71.6 Å². The molecule has 4 aromatic rings. The molecule has 0 spiro atoms. The maximum absolute atomic E-state index is 12.7. The number of alkyl carbamates (subject to hydrolysis) is 2. The van der Waals surface area contributed by atoms with Crippen LogP contribution in [0.2, 0.25) is 0 Å². The summed E-state index contributed by atoms with van der Waals surface area (Å²) in [7, 11) is 0. The molecule has 2 amide bonds. The van der Waals surface area contributed by atoms with Crippen LogP contribution in [-0.2, 0) is 22.3 Å². The summed E-state index contributed by atoms with van der Waals surface area (Å²) in [5.41, 5.74) is 6.65. The molecule has 268 valence electrons. The second-order valence-corrected chi connectivity index (χ2v) is 17.5. The Balaban J connectivity index is 1.34. The highest BCUT2D eigenvalue weighted by Gasteiger charge is 2.35. The Morgan fingerprint density at radius 1 is 0.680 bits per heavy atom. The zero-order valence-electron chi connectivity index (χ0n) is 31.7. The molecular weight excluding hydrogens is 628 g/mol. The number of fused-ring (bicyclic) bond motifs is 3. The lowest BCUT2D eigenvalue weighted by atomic mass is 9.86. The first-order chi connectivity index (χ1) is 23.1. The van der Waals surface area contributed by atoms with Gasteiger partial charge in [-0.1, -0.05) is 84.0 Å². The Kier molecular flexibility index (Phi) is 9.73. The van der Waals surface area contributed by atoms with Crippen molar-refractivity contribution >= 4 is 12.2 Å². The van der Waals surface area contributed by atoms with E-state index in [2.05, 4.69) is 105 Å². The molecular formula is C40H54N6O4. The van der Waals surface area contributed by atoms with Crippen LogP contribution in [0.3, 0.4) is 0 Å². The smallest absolute Gasteiger partial charge is 0.408 e. The number of H-pyrrole nitrogens is 2. The molecule has 0 fully saturated rings. The molecule has 0 bridgehead atoms. The van der Waals surface area contributed by atoms with E-state index in [1.54, 1.807) is 0 Å². The van der Waals surface area contributed by atoms with Crippen LogP contribution in [0.5, 0.6) is 0 Å². The van der Waals surface area contributed by atoms with Gasteiger partial charge in [0, 0.05) is 17.3 Å². The normalized spacial score (nSPS) is 14.6. The number of rotatable bonds is 6. The van der Waals surface area contributed by atoms with Crippen molar-refractivity contribution in [2.45, 2.75) is 119 Å². The number of carbonyl (C=O) groups excluding carboxylic acids is 2. The Labute approximate surface area is 296 Å². The van der Waals surface area contributed by atoms with Gasteiger partial charge in [0.15, 0.2) is 0 Å². The van der Waals surface area contributed by atoms with E-state index in [0.29, 0.717) is 5.82 Å². The van der Waals surface area contributed by atoms with Crippen LogP contribution >= 0.6 is 0 Å². The van der Waals surface area contributed by atoms with Crippen molar-refractivity contribution in [1.29, 1.82) is 0 Å². The largest absolute Gasteiger partial charge is 0.444 e. The third kappa shape index (κ3) is 8.76. The van der Waals surface area contributed by atoms with Crippen LogP contribution in [-0.4, -0.2) is 43.3 Å². The minimum atomic E-state index is -0.593. The SMILES string of the molecule is CC(C)(C)OC(=O)N[C@H](c1nc(-c2ccc(-c3ccc4c(c3)CCc3nc([C@@H](NC(=O)OC(C)(C)C)C(C)(C)C)[nH]c3-4)cc2)c[nH]1)C(C)(C)C. The second kappa shape index (κ2) is 13.3. The Morgan fingerprint density at radius 3 is 1.74 bits per heavy atom. The van der Waals surface area contributed by atoms with Gasteiger partial charge in [-0.3, -0.25) is 0 Å². The third-order valence-electron chi connectivity index (χ3n) is 8.52. The summed E-state index contributed by atoms with van der Waals surface area (Å²) in [5, 5.41) is 6.06. The average molecular weight is 683 g/mol. The highest BCUT2D eigenvalue weighted by Crippen LogP contribution is 2.39. The molecule has 0 unspecified atom stereocenters. The van der Waals surface area contributed by atoms with Crippen LogP contribution in [0.1, 0.15) is 118 Å². The summed E-state index contributed by atoms with van der Waals surface area (Å²) in [6, 6.07) is 14.2. The van der Waals surface area contributed by atoms with Gasteiger partial charge < -0.3 is 30.1 Å². The van der Waals surface area contributed by atoms with Gasteiger partial charge in [-0.15, -0.1) is 0 Å². The number of nitrogens with one attached hydrogen (secondary N) is 4. The van der Waals surface area contributed by atoms with E-state index in [-0.39, 0.29) is 22.9 Å². The fourth-order valence-corrected chi connectivity index (χ4v) is 6.15. The molecule has 10 nitrogen and oxygen atoms in total. The summed E-state index contributed by atoms with van der Waals surface area (Å²) in [6.45, 7) is 23.5. The molecule has 50 heavy (non-hydrogen) atoms. The number of hydrogen-bond acceptors (Lipinski definition) is 6. The fraction of sp³-hybridized carbons (Fsp3) is 0.500. The number of hydrogen-bond donors (Lipinski definition) is 4. The van der Waals surface area contributed by atoms with Crippen LogP contribution in [0.25, 0.3) is 33.6 Å². The van der Waals surface area contributed by atoms with Crippen LogP contribution in [0, 0.1) is 10.8 Å². The van der Waals surface area contributed by atoms with Gasteiger partial charge in [0.1, 0.15) is 22.9 Å². The third-order valence-corrected chi connectivity index (χ3v) is 8.52. The van der Waals surface area contributed by atoms with Crippen molar-refractivity contribution < 1.29 is 19.1 Å². The zero-order valence-corrected chi connectivity index (χ0v) is 31.7. The molecule has 2 aromatic heterocycles. The Morgan fingerprint density at radius 2 is 1.20 bits per heavy atom. The monoisotopic (exact) mass is 682 g/mol. The molecule has 2 atom stereocenters. The van der Waals surface area contributed by atoms with Crippen molar-refractivity contribution in [3.8, 4) is 33.6 Å². The van der Waals surface area contributed by atoms with Crippen molar-refractivity contribution in [2.75, 3.05) is 0 Å². The highest BCUT2D eigenvalue weighted by atomic mass is 16.6. The summed E-state index contributed by atoms with van der Waals surface area (Å²) in [6.07, 6.45) is 2.63. The second-order valence-electron chi connectivity index (χ2n) is 17.5. The zero-order chi connectivity index (χ0) is 36.8. The van der Waals surface area contributed by atoms with Crippen molar-refractivity contribution in [1.82, 2.24) is 30.6 Å². The number of ether oxygens (including phenoxy) is 2. The summed E-state index contributed by atoms with van der Waals surface area (Å²) >= 11 is 0. The number of imidazole rings is 2. The van der Waals surface area contributed by atoms with Gasteiger partial charge in [-0.25, -0.2) is 19.6 Å². The van der Waals surface area contributed by atoms with Crippen molar-refractivity contribution in [2.24, 2.45) is 10.8 Å². The maximum atomic E-state index is 12.7. The lowest BCUT2D eigenvalue weighted by molar-refractivity contribution is 0.0448. The molecule has 2 heterocycles. The topological polar surface area (TPSA) is 134 Å². The molecule has 2 aromatic carbocycles. The molecule has 1 aliphatic rings. The number of benzene rings is 2. The minimum Gasteiger partial charge on any atom is -0.444 e. The van der Waals surface area contributed by atoms with E-state index in [0.717, 1.165) is 58.0 Å². The standard InChI is InChI=1S/C40H54N6O4/c1-37(2,3)31(45-35(47)49-39(7,8)9)33-41-22-29(43-33)24-15-13-23(14-16-24)25-17-19-27-26(21-25)18-20-28-30(27)44-34(42-28)32(38(4,5)6)46-36(48)50-40(10,11)12/h13-17,19,21-22,31-32H,18,20H2,1-12H3,(H,41,43)(H,42,44)(H,45,47)(H,46,48)/t31-,32-/m1/s1. The van der Waals surface area contributed by atoms with Crippen LogP contribution in [0.15, 0.2) is 48.7 Å². The van der Waals surface area contributed by atoms with Gasteiger partial charge in [0.2, 0.25) is 0 Å². The molecule has 5 rings (SSSR count). The predicted molar refractivity (Wildman–Crippen MR) is 198 cm³/mol. The first-order valence-electron chi connectivity index (χ1n) is 17.4. The van der Waals surface area contributed by atoms with Crippen molar-refractivity contribution in [3.63, 3.8) is 0 Å². The quantitative estimate of drug-likeness (QED) is 0.160. The number of amides is 2. The number of nitrogens with zero attached hydrogens (tertiary/aromatic N) is 2. The number of aromatic nitrogens is 4. The molecule has 1 aliphatic carbocycles. The van der Waals surface area contributed by atoms with E-state index >= 15 is 0 Å². The predicted octanol–water partition coefficient (Wildman–Crippen LogP) is 9.46. The van der Waals surface area contributed by atoms with Crippen LogP contribution in [0.4, 0.5) is 9.59 Å². The van der Waals surface area contributed by atoms with E-state index in [9.17, 15) is 9.59 Å². The summed E-state index contributed by atoms with van der Waals surface area (Å²) < 4.78 is 11.1. The lowest BCUT2D eigenvalue weighted by Crippen LogP contribution is -2.40. The molecule has 0 radical (unpaired) electrons. The Hall–Kier alpha value is -4.60. The van der Waals surface area contributed by atoms with Gasteiger partial charge in [-0.2, -0.15) is 0 Å². The highest BCUT2D eigenvalue weighted by molar-refractivity contribution is 5.76. The number of aryl methyl sites for hydroxylation is 2. The summed E-state index contributed by atoms with van der Waals surface area (Å²) in [4.78, 5) is 42.1. The first kappa shape index (κ1) is 36.7. The molecule has 0 saturated heterocycles. The van der Waals surface area contributed by atoms with Gasteiger partial charge in [0.05, 0.1) is 29.2 Å². The summed E-state index contributed by atoms with van der Waals surface area (Å²) in [5.74, 6) is 1.41.